The van der Waals surface area contributed by atoms with E-state index < -0.39 is 17.9 Å². The second-order valence-corrected chi connectivity index (χ2v) is 4.81. The molecule has 0 radical (unpaired) electrons. The van der Waals surface area contributed by atoms with E-state index in [1.54, 1.807) is 20.1 Å². The number of carbonyl (C=O) groups is 2. The first kappa shape index (κ1) is 16.0. The Morgan fingerprint density at radius 3 is 2.60 bits per heavy atom. The molecular weight excluding hydrogens is 278 g/mol. The van der Waals surface area contributed by atoms with Gasteiger partial charge in [-0.2, -0.15) is 0 Å². The molecule has 0 aromatic carbocycles. The fourth-order valence-corrected chi connectivity index (χ4v) is 2.31. The largest absolute Gasteiger partial charge is 0.480 e. The van der Waals surface area contributed by atoms with Crippen LogP contribution in [0.5, 0.6) is 0 Å². The van der Waals surface area contributed by atoms with Crippen LogP contribution < -0.4 is 5.32 Å². The predicted molar refractivity (Wildman–Crippen MR) is 75.6 cm³/mol. The number of terminal acetylenes is 1. The van der Waals surface area contributed by atoms with E-state index in [0.717, 1.165) is 0 Å². The highest BCUT2D eigenvalue weighted by Gasteiger charge is 2.23. The lowest BCUT2D eigenvalue weighted by molar-refractivity contribution is -0.139. The zero-order chi connectivity index (χ0) is 15.3. The number of nitrogens with zero attached hydrogens (tertiary/aromatic N) is 2. The minimum atomic E-state index is -1.17. The topological polar surface area (TPSA) is 92.2 Å². The number of thioether (sulfide) groups is 1. The standard InChI is InChI=1S/C13H15N3O3S/c1-5-6-9(13(18)19)16-11(17)10-7(2)14-8(3)15-12(10)20-4/h1,9H,6H2,2-4H3,(H,16,17)(H,18,19). The molecule has 1 aromatic heterocycles. The van der Waals surface area contributed by atoms with E-state index in [1.807, 2.05) is 0 Å². The van der Waals surface area contributed by atoms with Gasteiger partial charge in [0.25, 0.3) is 5.91 Å². The SMILES string of the molecule is C#CCC(NC(=O)c1c(C)nc(C)nc1SC)C(=O)O. The fourth-order valence-electron chi connectivity index (χ4n) is 1.64. The first-order chi connectivity index (χ1) is 9.40. The number of amides is 1. The Morgan fingerprint density at radius 2 is 2.10 bits per heavy atom. The maximum absolute atomic E-state index is 12.2. The number of hydrogen-bond acceptors (Lipinski definition) is 5. The van der Waals surface area contributed by atoms with Crippen molar-refractivity contribution in [1.82, 2.24) is 15.3 Å². The minimum Gasteiger partial charge on any atom is -0.480 e. The van der Waals surface area contributed by atoms with E-state index in [0.29, 0.717) is 16.5 Å². The minimum absolute atomic E-state index is 0.0819. The van der Waals surface area contributed by atoms with Crippen molar-refractivity contribution in [3.8, 4) is 12.3 Å². The molecule has 1 unspecified atom stereocenters. The second-order valence-electron chi connectivity index (χ2n) is 4.01. The van der Waals surface area contributed by atoms with E-state index in [9.17, 15) is 9.59 Å². The third kappa shape index (κ3) is 3.71. The van der Waals surface area contributed by atoms with Gasteiger partial charge in [0, 0.05) is 6.42 Å². The first-order valence-corrected chi connectivity index (χ1v) is 6.99. The van der Waals surface area contributed by atoms with Crippen LogP contribution in [0, 0.1) is 26.2 Å². The Kier molecular flexibility index (Phi) is 5.53. The maximum atomic E-state index is 12.2. The zero-order valence-corrected chi connectivity index (χ0v) is 12.2. The number of carbonyl (C=O) groups excluding carboxylic acids is 1. The summed E-state index contributed by atoms with van der Waals surface area (Å²) in [4.78, 5) is 31.5. The van der Waals surface area contributed by atoms with Crippen LogP contribution in [0.4, 0.5) is 0 Å². The van der Waals surface area contributed by atoms with Gasteiger partial charge in [-0.05, 0) is 20.1 Å². The number of carboxylic acid groups (broad SMARTS) is 1. The lowest BCUT2D eigenvalue weighted by Crippen LogP contribution is -2.41. The molecule has 0 bridgehead atoms. The third-order valence-corrected chi connectivity index (χ3v) is 3.20. The van der Waals surface area contributed by atoms with Gasteiger partial charge in [0.15, 0.2) is 0 Å². The quantitative estimate of drug-likeness (QED) is 0.478. The molecule has 7 heteroatoms. The molecule has 0 saturated heterocycles. The molecule has 1 heterocycles. The summed E-state index contributed by atoms with van der Waals surface area (Å²) in [6.07, 6.45) is 6.80. The second kappa shape index (κ2) is 6.91. The summed E-state index contributed by atoms with van der Waals surface area (Å²) in [6, 6.07) is -1.12. The number of rotatable bonds is 5. The van der Waals surface area contributed by atoms with E-state index in [4.69, 9.17) is 11.5 Å². The molecule has 0 spiro atoms. The zero-order valence-electron chi connectivity index (χ0n) is 11.4. The lowest BCUT2D eigenvalue weighted by atomic mass is 10.1. The van der Waals surface area contributed by atoms with Crippen LogP contribution in [-0.4, -0.2) is 39.2 Å². The van der Waals surface area contributed by atoms with E-state index in [2.05, 4.69) is 21.2 Å². The number of aromatic nitrogens is 2. The summed E-state index contributed by atoms with van der Waals surface area (Å²) in [5, 5.41) is 11.9. The van der Waals surface area contributed by atoms with Crippen molar-refractivity contribution in [3.05, 3.63) is 17.1 Å². The van der Waals surface area contributed by atoms with Gasteiger partial charge in [0.05, 0.1) is 11.3 Å². The molecule has 106 valence electrons. The van der Waals surface area contributed by atoms with Crippen LogP contribution >= 0.6 is 11.8 Å². The number of aryl methyl sites for hydroxylation is 2. The van der Waals surface area contributed by atoms with E-state index in [-0.39, 0.29) is 12.0 Å². The Bertz CT molecular complexity index is 581. The van der Waals surface area contributed by atoms with Gasteiger partial charge in [0.1, 0.15) is 16.9 Å². The molecule has 1 atom stereocenters. The molecule has 0 saturated carbocycles. The molecule has 20 heavy (non-hydrogen) atoms. The molecule has 0 aliphatic carbocycles. The predicted octanol–water partition coefficient (Wildman–Crippen LogP) is 1.02. The van der Waals surface area contributed by atoms with Crippen molar-refractivity contribution >= 4 is 23.6 Å². The molecular formula is C13H15N3O3S. The Hall–Kier alpha value is -2.07. The molecule has 6 nitrogen and oxygen atoms in total. The highest BCUT2D eigenvalue weighted by Crippen LogP contribution is 2.20. The highest BCUT2D eigenvalue weighted by molar-refractivity contribution is 7.98. The van der Waals surface area contributed by atoms with Gasteiger partial charge in [-0.25, -0.2) is 14.8 Å². The monoisotopic (exact) mass is 293 g/mol. The summed E-state index contributed by atoms with van der Waals surface area (Å²) in [5.74, 6) is 1.08. The van der Waals surface area contributed by atoms with Crippen molar-refractivity contribution in [3.63, 3.8) is 0 Å². The third-order valence-electron chi connectivity index (χ3n) is 2.51. The van der Waals surface area contributed by atoms with Crippen LogP contribution in [0.1, 0.15) is 28.3 Å². The van der Waals surface area contributed by atoms with Crippen LogP contribution in [0.2, 0.25) is 0 Å². The first-order valence-electron chi connectivity index (χ1n) is 5.77. The summed E-state index contributed by atoms with van der Waals surface area (Å²) >= 11 is 1.30. The Labute approximate surface area is 121 Å². The average molecular weight is 293 g/mol. The number of aliphatic carboxylic acids is 1. The number of carboxylic acids is 1. The number of hydrogen-bond donors (Lipinski definition) is 2. The average Bonchev–Trinajstić information content (AvgIpc) is 2.36. The summed E-state index contributed by atoms with van der Waals surface area (Å²) in [6.45, 7) is 3.41. The molecule has 0 aliphatic rings. The Morgan fingerprint density at radius 1 is 1.45 bits per heavy atom. The van der Waals surface area contributed by atoms with Gasteiger partial charge >= 0.3 is 5.97 Å². The van der Waals surface area contributed by atoms with Crippen molar-refractivity contribution in [2.45, 2.75) is 31.3 Å². The van der Waals surface area contributed by atoms with Crippen molar-refractivity contribution in [1.29, 1.82) is 0 Å². The van der Waals surface area contributed by atoms with Crippen molar-refractivity contribution in [2.75, 3.05) is 6.26 Å². The van der Waals surface area contributed by atoms with Gasteiger partial charge < -0.3 is 10.4 Å². The van der Waals surface area contributed by atoms with Crippen LogP contribution in [0.15, 0.2) is 5.03 Å². The molecule has 1 aromatic rings. The van der Waals surface area contributed by atoms with Gasteiger partial charge in [-0.1, -0.05) is 0 Å². The van der Waals surface area contributed by atoms with E-state index >= 15 is 0 Å². The molecule has 2 N–H and O–H groups in total. The van der Waals surface area contributed by atoms with Gasteiger partial charge in [0.2, 0.25) is 0 Å². The summed E-state index contributed by atoms with van der Waals surface area (Å²) < 4.78 is 0. The number of nitrogens with one attached hydrogen (secondary N) is 1. The normalized spacial score (nSPS) is 11.5. The fraction of sp³-hybridized carbons (Fsp3) is 0.385. The summed E-state index contributed by atoms with van der Waals surface area (Å²) in [5.41, 5.74) is 0.788. The van der Waals surface area contributed by atoms with E-state index in [1.165, 1.54) is 11.8 Å². The van der Waals surface area contributed by atoms with Crippen LogP contribution in [-0.2, 0) is 4.79 Å². The molecule has 1 rings (SSSR count). The molecule has 0 aliphatic heterocycles. The van der Waals surface area contributed by atoms with Gasteiger partial charge in [-0.3, -0.25) is 4.79 Å². The molecule has 1 amide bonds. The summed E-state index contributed by atoms with van der Waals surface area (Å²) in [7, 11) is 0. The lowest BCUT2D eigenvalue weighted by Gasteiger charge is -2.14. The smallest absolute Gasteiger partial charge is 0.327 e. The van der Waals surface area contributed by atoms with Gasteiger partial charge in [-0.15, -0.1) is 24.1 Å². The Balaban J connectivity index is 3.09. The van der Waals surface area contributed by atoms with Crippen LogP contribution in [0.3, 0.4) is 0 Å². The van der Waals surface area contributed by atoms with Crippen molar-refractivity contribution < 1.29 is 14.7 Å². The highest BCUT2D eigenvalue weighted by atomic mass is 32.2. The maximum Gasteiger partial charge on any atom is 0.327 e. The van der Waals surface area contributed by atoms with Crippen molar-refractivity contribution in [2.24, 2.45) is 0 Å². The molecule has 0 fully saturated rings. The van der Waals surface area contributed by atoms with Crippen LogP contribution in [0.25, 0.3) is 0 Å².